The Kier molecular flexibility index (Phi) is 8.07. The molecule has 0 bridgehead atoms. The summed E-state index contributed by atoms with van der Waals surface area (Å²) in [6.45, 7) is 4.49. The zero-order chi connectivity index (χ0) is 25.7. The molecule has 0 spiro atoms. The van der Waals surface area contributed by atoms with Crippen molar-refractivity contribution in [2.24, 2.45) is 4.99 Å². The van der Waals surface area contributed by atoms with Gasteiger partial charge in [-0.2, -0.15) is 0 Å². The predicted molar refractivity (Wildman–Crippen MR) is 145 cm³/mol. The molecule has 1 amide bonds. The Morgan fingerprint density at radius 2 is 1.83 bits per heavy atom. The molecule has 3 aromatic rings. The Hall–Kier alpha value is -3.63. The fourth-order valence-corrected chi connectivity index (χ4v) is 4.73. The second kappa shape index (κ2) is 11.4. The van der Waals surface area contributed by atoms with Gasteiger partial charge in [-0.25, -0.2) is 4.99 Å². The molecule has 0 radical (unpaired) electrons. The summed E-state index contributed by atoms with van der Waals surface area (Å²) >= 11 is 4.81. The third-order valence-electron chi connectivity index (χ3n) is 5.08. The van der Waals surface area contributed by atoms with Crippen LogP contribution < -0.4 is 14.8 Å². The molecule has 1 fully saturated rings. The van der Waals surface area contributed by atoms with Crippen LogP contribution in [0.3, 0.4) is 0 Å². The van der Waals surface area contributed by atoms with Crippen LogP contribution in [0.4, 0.5) is 11.4 Å². The van der Waals surface area contributed by atoms with E-state index in [2.05, 4.69) is 26.2 Å². The molecule has 1 aliphatic heterocycles. The first-order chi connectivity index (χ1) is 17.3. The van der Waals surface area contributed by atoms with Crippen molar-refractivity contribution in [2.45, 2.75) is 20.5 Å². The van der Waals surface area contributed by atoms with Crippen LogP contribution in [0.1, 0.15) is 23.6 Å². The highest BCUT2D eigenvalue weighted by Crippen LogP contribution is 2.39. The van der Waals surface area contributed by atoms with Gasteiger partial charge in [-0.15, -0.1) is 0 Å². The maximum Gasteiger partial charge on any atom is 0.269 e. The van der Waals surface area contributed by atoms with Crippen LogP contribution >= 0.6 is 27.7 Å². The number of aryl methyl sites for hydroxylation is 1. The quantitative estimate of drug-likeness (QED) is 0.188. The molecule has 0 aromatic heterocycles. The zero-order valence-electron chi connectivity index (χ0n) is 19.5. The van der Waals surface area contributed by atoms with E-state index in [0.717, 1.165) is 22.4 Å². The highest BCUT2D eigenvalue weighted by atomic mass is 79.9. The maximum atomic E-state index is 12.5. The summed E-state index contributed by atoms with van der Waals surface area (Å²) < 4.78 is 12.4. The average molecular weight is 568 g/mol. The number of ether oxygens (including phenoxy) is 2. The van der Waals surface area contributed by atoms with Crippen molar-refractivity contribution in [1.82, 2.24) is 5.32 Å². The van der Waals surface area contributed by atoms with Crippen LogP contribution in [0.2, 0.25) is 0 Å². The number of carbonyl (C=O) groups excluding carboxylic acids is 1. The summed E-state index contributed by atoms with van der Waals surface area (Å²) in [6, 6.07) is 17.5. The minimum Gasteiger partial charge on any atom is -0.490 e. The van der Waals surface area contributed by atoms with Gasteiger partial charge in [0.2, 0.25) is 0 Å². The number of amidine groups is 1. The van der Waals surface area contributed by atoms with Gasteiger partial charge in [-0.1, -0.05) is 17.7 Å². The second-order valence-electron chi connectivity index (χ2n) is 7.79. The number of rotatable bonds is 8. The Morgan fingerprint density at radius 3 is 2.50 bits per heavy atom. The molecule has 4 rings (SSSR count). The number of benzene rings is 3. The molecule has 0 atom stereocenters. The molecule has 1 aliphatic rings. The van der Waals surface area contributed by atoms with Crippen molar-refractivity contribution in [3.63, 3.8) is 0 Å². The normalized spacial score (nSPS) is 15.2. The maximum absolute atomic E-state index is 12.5. The van der Waals surface area contributed by atoms with Gasteiger partial charge >= 0.3 is 0 Å². The number of nitro groups is 1. The van der Waals surface area contributed by atoms with Crippen LogP contribution in [-0.4, -0.2) is 22.6 Å². The number of hydrogen-bond acceptors (Lipinski definition) is 7. The lowest BCUT2D eigenvalue weighted by Gasteiger charge is -2.15. The molecule has 1 N–H and O–H groups in total. The number of amides is 1. The fraction of sp³-hybridized carbons (Fsp3) is 0.154. The van der Waals surface area contributed by atoms with E-state index in [9.17, 15) is 14.9 Å². The van der Waals surface area contributed by atoms with Crippen molar-refractivity contribution in [1.29, 1.82) is 0 Å². The Bertz CT molecular complexity index is 1360. The molecule has 184 valence electrons. The summed E-state index contributed by atoms with van der Waals surface area (Å²) in [5.74, 6) is 0.790. The monoisotopic (exact) mass is 567 g/mol. The third-order valence-corrected chi connectivity index (χ3v) is 6.57. The molecule has 1 saturated heterocycles. The number of carbonyl (C=O) groups is 1. The van der Waals surface area contributed by atoms with Gasteiger partial charge in [0.25, 0.3) is 11.6 Å². The summed E-state index contributed by atoms with van der Waals surface area (Å²) in [7, 11) is 0. The van der Waals surface area contributed by atoms with Crippen LogP contribution in [-0.2, 0) is 11.4 Å². The zero-order valence-corrected chi connectivity index (χ0v) is 21.9. The summed E-state index contributed by atoms with van der Waals surface area (Å²) in [4.78, 5) is 28.0. The molecular formula is C26H22BrN3O5S. The second-order valence-corrected chi connectivity index (χ2v) is 9.68. The summed E-state index contributed by atoms with van der Waals surface area (Å²) in [5.41, 5.74) is 3.45. The molecular weight excluding hydrogens is 546 g/mol. The van der Waals surface area contributed by atoms with E-state index in [-0.39, 0.29) is 18.2 Å². The van der Waals surface area contributed by atoms with E-state index in [0.29, 0.717) is 32.7 Å². The molecule has 0 aliphatic carbocycles. The number of non-ortho nitro benzene ring substituents is 1. The minimum absolute atomic E-state index is 0.0215. The lowest BCUT2D eigenvalue weighted by Crippen LogP contribution is -2.19. The Morgan fingerprint density at radius 1 is 1.11 bits per heavy atom. The van der Waals surface area contributed by atoms with Gasteiger partial charge in [-0.05, 0) is 95.1 Å². The van der Waals surface area contributed by atoms with Crippen molar-refractivity contribution in [2.75, 3.05) is 6.61 Å². The SMILES string of the molecule is CCOc1cc(/C=C2\SC(=Nc3ccc(C)cc3)NC2=O)cc(Br)c1OCc1ccc([N+](=O)[O-])cc1. The predicted octanol–water partition coefficient (Wildman–Crippen LogP) is 6.54. The largest absolute Gasteiger partial charge is 0.490 e. The molecule has 8 nitrogen and oxygen atoms in total. The van der Waals surface area contributed by atoms with Gasteiger partial charge in [0, 0.05) is 12.1 Å². The van der Waals surface area contributed by atoms with E-state index < -0.39 is 4.92 Å². The lowest BCUT2D eigenvalue weighted by atomic mass is 10.1. The minimum atomic E-state index is -0.443. The van der Waals surface area contributed by atoms with Gasteiger partial charge in [0.05, 0.1) is 26.6 Å². The highest BCUT2D eigenvalue weighted by Gasteiger charge is 2.24. The van der Waals surface area contributed by atoms with E-state index >= 15 is 0 Å². The molecule has 10 heteroatoms. The number of nitro benzene ring substituents is 1. The van der Waals surface area contributed by atoms with Crippen LogP contribution in [0.5, 0.6) is 11.5 Å². The number of halogens is 1. The fourth-order valence-electron chi connectivity index (χ4n) is 3.31. The third kappa shape index (κ3) is 6.32. The van der Waals surface area contributed by atoms with E-state index in [1.165, 1.54) is 23.9 Å². The van der Waals surface area contributed by atoms with Crippen molar-refractivity contribution in [3.8, 4) is 11.5 Å². The van der Waals surface area contributed by atoms with Gasteiger partial charge in [0.15, 0.2) is 16.7 Å². The van der Waals surface area contributed by atoms with Crippen molar-refractivity contribution >= 4 is 56.2 Å². The number of thioether (sulfide) groups is 1. The highest BCUT2D eigenvalue weighted by molar-refractivity contribution is 9.10. The topological polar surface area (TPSA) is 103 Å². The number of nitrogens with one attached hydrogen (secondary N) is 1. The molecule has 3 aromatic carbocycles. The first-order valence-corrected chi connectivity index (χ1v) is 12.6. The molecule has 0 unspecified atom stereocenters. The lowest BCUT2D eigenvalue weighted by molar-refractivity contribution is -0.384. The van der Waals surface area contributed by atoms with E-state index in [1.54, 1.807) is 24.3 Å². The number of hydrogen-bond donors (Lipinski definition) is 1. The van der Waals surface area contributed by atoms with E-state index in [1.807, 2.05) is 44.2 Å². The Balaban J connectivity index is 1.53. The first-order valence-electron chi connectivity index (χ1n) is 11.0. The summed E-state index contributed by atoms with van der Waals surface area (Å²) in [5, 5.41) is 14.2. The standard InChI is InChI=1S/C26H22BrN3O5S/c1-3-34-22-13-18(12-21(27)24(22)35-15-17-6-10-20(11-7-17)30(32)33)14-23-25(31)29-26(36-23)28-19-8-4-16(2)5-9-19/h4-14H,3,15H2,1-2H3,(H,28,29,31)/b23-14-. The molecule has 1 heterocycles. The van der Waals surface area contributed by atoms with E-state index in [4.69, 9.17) is 9.47 Å². The molecule has 36 heavy (non-hydrogen) atoms. The van der Waals surface area contributed by atoms with Crippen LogP contribution in [0.15, 0.2) is 75.0 Å². The summed E-state index contributed by atoms with van der Waals surface area (Å²) in [6.07, 6.45) is 1.77. The Labute approximate surface area is 220 Å². The van der Waals surface area contributed by atoms with Crippen molar-refractivity contribution in [3.05, 3.63) is 96.8 Å². The van der Waals surface area contributed by atoms with Crippen molar-refractivity contribution < 1.29 is 19.2 Å². The van der Waals surface area contributed by atoms with Crippen LogP contribution in [0.25, 0.3) is 6.08 Å². The smallest absolute Gasteiger partial charge is 0.269 e. The van der Waals surface area contributed by atoms with Gasteiger partial charge < -0.3 is 14.8 Å². The first kappa shape index (κ1) is 25.5. The van der Waals surface area contributed by atoms with Gasteiger partial charge in [-0.3, -0.25) is 14.9 Å². The number of aliphatic imine (C=N–C) groups is 1. The van der Waals surface area contributed by atoms with Crippen LogP contribution in [0, 0.1) is 17.0 Å². The molecule has 0 saturated carbocycles. The van der Waals surface area contributed by atoms with Gasteiger partial charge in [0.1, 0.15) is 6.61 Å². The average Bonchev–Trinajstić information content (AvgIpc) is 3.18. The number of nitrogens with zero attached hydrogens (tertiary/aromatic N) is 2.